The first-order valence-electron chi connectivity index (χ1n) is 8.87. The third-order valence-corrected chi connectivity index (χ3v) is 4.10. The summed E-state index contributed by atoms with van der Waals surface area (Å²) in [4.78, 5) is 29.9. The van der Waals surface area contributed by atoms with Crippen molar-refractivity contribution in [3.05, 3.63) is 53.6 Å². The van der Waals surface area contributed by atoms with E-state index in [0.717, 1.165) is 5.56 Å². The fraction of sp³-hybridized carbons (Fsp3) is 0.286. The Balaban J connectivity index is 2.30. The smallest absolute Gasteiger partial charge is 0.420 e. The topological polar surface area (TPSA) is 96.4 Å². The molecule has 0 radical (unpaired) electrons. The molecule has 0 amide bonds. The van der Waals surface area contributed by atoms with Crippen LogP contribution < -0.4 is 5.73 Å². The maximum atomic E-state index is 13.0. The van der Waals surface area contributed by atoms with Crippen molar-refractivity contribution >= 4 is 23.1 Å². The average molecular weight is 381 g/mol. The second-order valence-electron chi connectivity index (χ2n) is 7.32. The van der Waals surface area contributed by atoms with Gasteiger partial charge in [-0.3, -0.25) is 0 Å². The molecule has 0 spiro atoms. The molecule has 0 saturated carbocycles. The number of nitrogens with two attached hydrogens (primary N) is 1. The van der Waals surface area contributed by atoms with Crippen molar-refractivity contribution in [2.24, 2.45) is 5.73 Å². The average Bonchev–Trinajstić information content (AvgIpc) is 3.04. The number of carbonyl (C=O) groups excluding carboxylic acids is 2. The molecule has 1 aromatic heterocycles. The summed E-state index contributed by atoms with van der Waals surface area (Å²) < 4.78 is 11.8. The minimum Gasteiger partial charge on any atom is -0.465 e. The third-order valence-electron chi connectivity index (χ3n) is 4.10. The number of methoxy groups -OCH3 is 1. The number of fused-ring (bicyclic) bond motifs is 1. The summed E-state index contributed by atoms with van der Waals surface area (Å²) in [5.41, 5.74) is 7.86. The molecule has 28 heavy (non-hydrogen) atoms. The zero-order valence-electron chi connectivity index (χ0n) is 16.4. The minimum absolute atomic E-state index is 0.305. The SMILES string of the molecule is COC(=O)c1ccccc1-c1nc2ccc(CN)cc2n1C(=O)OC(C)(C)C. The van der Waals surface area contributed by atoms with E-state index in [9.17, 15) is 9.59 Å². The summed E-state index contributed by atoms with van der Waals surface area (Å²) in [7, 11) is 1.31. The van der Waals surface area contributed by atoms with Crippen molar-refractivity contribution < 1.29 is 19.1 Å². The van der Waals surface area contributed by atoms with E-state index in [-0.39, 0.29) is 0 Å². The van der Waals surface area contributed by atoms with Crippen molar-refractivity contribution in [2.75, 3.05) is 7.11 Å². The van der Waals surface area contributed by atoms with Gasteiger partial charge in [0.1, 0.15) is 5.60 Å². The van der Waals surface area contributed by atoms with Gasteiger partial charge in [-0.1, -0.05) is 24.3 Å². The molecule has 1 heterocycles. The van der Waals surface area contributed by atoms with Crippen LogP contribution >= 0.6 is 0 Å². The largest absolute Gasteiger partial charge is 0.465 e. The molecule has 2 aromatic carbocycles. The lowest BCUT2D eigenvalue weighted by Gasteiger charge is -2.20. The van der Waals surface area contributed by atoms with Crippen LogP contribution in [0.4, 0.5) is 4.79 Å². The summed E-state index contributed by atoms with van der Waals surface area (Å²) >= 11 is 0. The molecular formula is C21H23N3O4. The molecular weight excluding hydrogens is 358 g/mol. The first-order valence-corrected chi connectivity index (χ1v) is 8.87. The fourth-order valence-corrected chi connectivity index (χ4v) is 2.89. The van der Waals surface area contributed by atoms with Gasteiger partial charge in [0.2, 0.25) is 0 Å². The lowest BCUT2D eigenvalue weighted by molar-refractivity contribution is 0.0542. The minimum atomic E-state index is -0.696. The quantitative estimate of drug-likeness (QED) is 0.695. The van der Waals surface area contributed by atoms with Crippen molar-refractivity contribution in [3.63, 3.8) is 0 Å². The molecule has 0 fully saturated rings. The first kappa shape index (κ1) is 19.6. The van der Waals surface area contributed by atoms with Gasteiger partial charge >= 0.3 is 12.1 Å². The Morgan fingerprint density at radius 3 is 2.50 bits per heavy atom. The van der Waals surface area contributed by atoms with Gasteiger partial charge < -0.3 is 15.2 Å². The normalized spacial score (nSPS) is 11.5. The van der Waals surface area contributed by atoms with Crippen LogP contribution in [0.5, 0.6) is 0 Å². The number of aromatic nitrogens is 2. The fourth-order valence-electron chi connectivity index (χ4n) is 2.89. The number of benzene rings is 2. The first-order chi connectivity index (χ1) is 13.2. The summed E-state index contributed by atoms with van der Waals surface area (Å²) in [5.74, 6) is -0.208. The molecule has 7 nitrogen and oxygen atoms in total. The van der Waals surface area contributed by atoms with Gasteiger partial charge in [0.25, 0.3) is 0 Å². The number of imidazole rings is 1. The van der Waals surface area contributed by atoms with Crippen LogP contribution in [0.25, 0.3) is 22.4 Å². The highest BCUT2D eigenvalue weighted by molar-refractivity contribution is 5.99. The number of rotatable bonds is 3. The van der Waals surface area contributed by atoms with Crippen LogP contribution in [0.3, 0.4) is 0 Å². The molecule has 3 rings (SSSR count). The van der Waals surface area contributed by atoms with Gasteiger partial charge in [-0.2, -0.15) is 0 Å². The van der Waals surface area contributed by atoms with E-state index in [1.807, 2.05) is 6.07 Å². The summed E-state index contributed by atoms with van der Waals surface area (Å²) in [6, 6.07) is 12.3. The Hall–Kier alpha value is -3.19. The van der Waals surface area contributed by atoms with Gasteiger partial charge in [0, 0.05) is 12.1 Å². The predicted molar refractivity (Wildman–Crippen MR) is 106 cm³/mol. The number of ether oxygens (including phenoxy) is 2. The molecule has 0 saturated heterocycles. The molecule has 146 valence electrons. The van der Waals surface area contributed by atoms with E-state index in [1.54, 1.807) is 57.2 Å². The summed E-state index contributed by atoms with van der Waals surface area (Å²) in [6.45, 7) is 5.69. The Kier molecular flexibility index (Phi) is 5.20. The van der Waals surface area contributed by atoms with Gasteiger partial charge in [-0.15, -0.1) is 0 Å². The second kappa shape index (κ2) is 7.44. The zero-order valence-corrected chi connectivity index (χ0v) is 16.4. The standard InChI is InChI=1S/C21H23N3O4/c1-21(2,3)28-20(26)24-17-11-13(12-22)9-10-16(17)23-18(24)14-7-5-6-8-15(14)19(25)27-4/h5-11H,12,22H2,1-4H3. The van der Waals surface area contributed by atoms with E-state index < -0.39 is 17.7 Å². The van der Waals surface area contributed by atoms with Crippen LogP contribution in [0, 0.1) is 0 Å². The number of nitrogens with zero attached hydrogens (tertiary/aromatic N) is 2. The van der Waals surface area contributed by atoms with Crippen LogP contribution in [0.15, 0.2) is 42.5 Å². The lowest BCUT2D eigenvalue weighted by Crippen LogP contribution is -2.27. The molecule has 7 heteroatoms. The van der Waals surface area contributed by atoms with E-state index in [1.165, 1.54) is 11.7 Å². The number of hydrogen-bond acceptors (Lipinski definition) is 6. The summed E-state index contributed by atoms with van der Waals surface area (Å²) in [6.07, 6.45) is -0.584. The molecule has 3 aromatic rings. The van der Waals surface area contributed by atoms with Gasteiger partial charge in [-0.05, 0) is 44.5 Å². The van der Waals surface area contributed by atoms with Crippen molar-refractivity contribution in [3.8, 4) is 11.4 Å². The van der Waals surface area contributed by atoms with Crippen LogP contribution in [0.2, 0.25) is 0 Å². The zero-order chi connectivity index (χ0) is 20.5. The van der Waals surface area contributed by atoms with Gasteiger partial charge in [-0.25, -0.2) is 19.1 Å². The Labute approximate surface area is 163 Å². The van der Waals surface area contributed by atoms with Crippen molar-refractivity contribution in [2.45, 2.75) is 32.9 Å². The van der Waals surface area contributed by atoms with Crippen LogP contribution in [-0.4, -0.2) is 34.3 Å². The van der Waals surface area contributed by atoms with Crippen LogP contribution in [-0.2, 0) is 16.0 Å². The number of esters is 1. The van der Waals surface area contributed by atoms with Gasteiger partial charge in [0.15, 0.2) is 5.82 Å². The van der Waals surface area contributed by atoms with Gasteiger partial charge in [0.05, 0.1) is 23.7 Å². The van der Waals surface area contributed by atoms with E-state index in [0.29, 0.717) is 34.5 Å². The Morgan fingerprint density at radius 1 is 1.14 bits per heavy atom. The maximum Gasteiger partial charge on any atom is 0.420 e. The number of hydrogen-bond donors (Lipinski definition) is 1. The lowest BCUT2D eigenvalue weighted by atomic mass is 10.1. The highest BCUT2D eigenvalue weighted by Crippen LogP contribution is 2.29. The Morgan fingerprint density at radius 2 is 1.86 bits per heavy atom. The van der Waals surface area contributed by atoms with E-state index >= 15 is 0 Å². The molecule has 0 unspecified atom stereocenters. The predicted octanol–water partition coefficient (Wildman–Crippen LogP) is 3.73. The van der Waals surface area contributed by atoms with Crippen molar-refractivity contribution in [1.29, 1.82) is 0 Å². The second-order valence-corrected chi connectivity index (χ2v) is 7.32. The summed E-state index contributed by atoms with van der Waals surface area (Å²) in [5, 5.41) is 0. The molecule has 0 aliphatic heterocycles. The molecule has 0 aliphatic rings. The monoisotopic (exact) mass is 381 g/mol. The molecule has 0 atom stereocenters. The molecule has 0 bridgehead atoms. The Bertz CT molecular complexity index is 1050. The maximum absolute atomic E-state index is 13.0. The highest BCUT2D eigenvalue weighted by Gasteiger charge is 2.26. The molecule has 2 N–H and O–H groups in total. The van der Waals surface area contributed by atoms with Crippen molar-refractivity contribution in [1.82, 2.24) is 9.55 Å². The van der Waals surface area contributed by atoms with E-state index in [2.05, 4.69) is 4.98 Å². The highest BCUT2D eigenvalue weighted by atomic mass is 16.6. The third kappa shape index (κ3) is 3.75. The number of carbonyl (C=O) groups is 2. The van der Waals surface area contributed by atoms with E-state index in [4.69, 9.17) is 15.2 Å². The molecule has 0 aliphatic carbocycles. The van der Waals surface area contributed by atoms with Crippen LogP contribution in [0.1, 0.15) is 36.7 Å².